The quantitative estimate of drug-likeness (QED) is 0.876. The van der Waals surface area contributed by atoms with Gasteiger partial charge in [0.25, 0.3) is 5.91 Å². The number of rotatable bonds is 6. The predicted octanol–water partition coefficient (Wildman–Crippen LogP) is 3.79. The molecular weight excluding hydrogens is 262 g/mol. The second kappa shape index (κ2) is 7.48. The standard InChI is InChI=1S/C18H21NO2/c1-3-14(2)21-17-11-7-10-16(12-17)18(20)19-13-15-8-5-4-6-9-15/h4-12,14H,3,13H2,1-2H3,(H,19,20). The van der Waals surface area contributed by atoms with Crippen molar-refractivity contribution in [2.24, 2.45) is 0 Å². The minimum Gasteiger partial charge on any atom is -0.491 e. The molecule has 0 aliphatic heterocycles. The van der Waals surface area contributed by atoms with Gasteiger partial charge in [0, 0.05) is 12.1 Å². The molecule has 0 fully saturated rings. The number of benzene rings is 2. The van der Waals surface area contributed by atoms with E-state index in [0.717, 1.165) is 17.7 Å². The molecule has 21 heavy (non-hydrogen) atoms. The van der Waals surface area contributed by atoms with Gasteiger partial charge in [-0.05, 0) is 37.1 Å². The highest BCUT2D eigenvalue weighted by atomic mass is 16.5. The van der Waals surface area contributed by atoms with E-state index in [4.69, 9.17) is 4.74 Å². The van der Waals surface area contributed by atoms with Crippen molar-refractivity contribution < 1.29 is 9.53 Å². The van der Waals surface area contributed by atoms with E-state index in [-0.39, 0.29) is 12.0 Å². The zero-order chi connectivity index (χ0) is 15.1. The van der Waals surface area contributed by atoms with Gasteiger partial charge in [0.15, 0.2) is 0 Å². The number of hydrogen-bond donors (Lipinski definition) is 1. The molecule has 0 saturated heterocycles. The first-order valence-electron chi connectivity index (χ1n) is 7.28. The first kappa shape index (κ1) is 15.1. The average Bonchev–Trinajstić information content (AvgIpc) is 2.53. The minimum atomic E-state index is -0.0894. The van der Waals surface area contributed by atoms with Crippen molar-refractivity contribution in [1.29, 1.82) is 0 Å². The maximum atomic E-state index is 12.2. The molecule has 2 aromatic carbocycles. The number of ether oxygens (including phenoxy) is 1. The van der Waals surface area contributed by atoms with Gasteiger partial charge in [0.2, 0.25) is 0 Å². The molecule has 0 aromatic heterocycles. The van der Waals surface area contributed by atoms with Crippen molar-refractivity contribution >= 4 is 5.91 Å². The van der Waals surface area contributed by atoms with Crippen LogP contribution in [0, 0.1) is 0 Å². The first-order valence-corrected chi connectivity index (χ1v) is 7.28. The number of hydrogen-bond acceptors (Lipinski definition) is 2. The van der Waals surface area contributed by atoms with E-state index in [1.807, 2.05) is 49.4 Å². The van der Waals surface area contributed by atoms with Crippen LogP contribution in [0.25, 0.3) is 0 Å². The Hall–Kier alpha value is -2.29. The number of carbonyl (C=O) groups is 1. The van der Waals surface area contributed by atoms with Crippen molar-refractivity contribution in [3.8, 4) is 5.75 Å². The summed E-state index contributed by atoms with van der Waals surface area (Å²) in [5.41, 5.74) is 1.70. The van der Waals surface area contributed by atoms with Crippen LogP contribution < -0.4 is 10.1 Å². The highest BCUT2D eigenvalue weighted by Gasteiger charge is 2.08. The Morgan fingerprint density at radius 1 is 1.14 bits per heavy atom. The van der Waals surface area contributed by atoms with Crippen LogP contribution in [0.3, 0.4) is 0 Å². The highest BCUT2D eigenvalue weighted by molar-refractivity contribution is 5.94. The molecule has 0 radical (unpaired) electrons. The smallest absolute Gasteiger partial charge is 0.251 e. The van der Waals surface area contributed by atoms with E-state index in [1.165, 1.54) is 0 Å². The van der Waals surface area contributed by atoms with Crippen molar-refractivity contribution in [2.45, 2.75) is 32.9 Å². The van der Waals surface area contributed by atoms with Crippen molar-refractivity contribution in [1.82, 2.24) is 5.32 Å². The highest BCUT2D eigenvalue weighted by Crippen LogP contribution is 2.16. The van der Waals surface area contributed by atoms with Crippen LogP contribution in [0.2, 0.25) is 0 Å². The fourth-order valence-electron chi connectivity index (χ4n) is 1.91. The fourth-order valence-corrected chi connectivity index (χ4v) is 1.91. The fraction of sp³-hybridized carbons (Fsp3) is 0.278. The van der Waals surface area contributed by atoms with Crippen molar-refractivity contribution in [3.63, 3.8) is 0 Å². The van der Waals surface area contributed by atoms with Gasteiger partial charge in [-0.15, -0.1) is 0 Å². The second-order valence-corrected chi connectivity index (χ2v) is 5.03. The summed E-state index contributed by atoms with van der Waals surface area (Å²) >= 11 is 0. The van der Waals surface area contributed by atoms with E-state index in [0.29, 0.717) is 12.1 Å². The zero-order valence-electron chi connectivity index (χ0n) is 12.5. The van der Waals surface area contributed by atoms with E-state index < -0.39 is 0 Å². The third-order valence-corrected chi connectivity index (χ3v) is 3.30. The number of nitrogens with one attached hydrogen (secondary N) is 1. The monoisotopic (exact) mass is 283 g/mol. The molecule has 0 heterocycles. The summed E-state index contributed by atoms with van der Waals surface area (Å²) in [5.74, 6) is 0.644. The van der Waals surface area contributed by atoms with Gasteiger partial charge in [-0.3, -0.25) is 4.79 Å². The molecule has 1 N–H and O–H groups in total. The molecule has 1 amide bonds. The summed E-state index contributed by atoms with van der Waals surface area (Å²) in [6, 6.07) is 17.2. The third-order valence-electron chi connectivity index (χ3n) is 3.30. The van der Waals surface area contributed by atoms with Crippen LogP contribution in [-0.2, 0) is 6.54 Å². The molecule has 0 aliphatic rings. The lowest BCUT2D eigenvalue weighted by atomic mass is 10.2. The molecule has 0 aliphatic carbocycles. The molecule has 1 atom stereocenters. The Morgan fingerprint density at radius 3 is 2.62 bits per heavy atom. The third kappa shape index (κ3) is 4.63. The number of carbonyl (C=O) groups excluding carboxylic acids is 1. The Labute approximate surface area is 126 Å². The van der Waals surface area contributed by atoms with Gasteiger partial charge in [-0.1, -0.05) is 43.3 Å². The summed E-state index contributed by atoms with van der Waals surface area (Å²) in [4.78, 5) is 12.2. The van der Waals surface area contributed by atoms with Gasteiger partial charge >= 0.3 is 0 Å². The van der Waals surface area contributed by atoms with Gasteiger partial charge in [-0.2, -0.15) is 0 Å². The minimum absolute atomic E-state index is 0.0894. The van der Waals surface area contributed by atoms with Crippen molar-refractivity contribution in [2.75, 3.05) is 0 Å². The maximum Gasteiger partial charge on any atom is 0.251 e. The number of amides is 1. The lowest BCUT2D eigenvalue weighted by Gasteiger charge is -2.13. The summed E-state index contributed by atoms with van der Waals surface area (Å²) in [7, 11) is 0. The van der Waals surface area contributed by atoms with E-state index in [9.17, 15) is 4.79 Å². The lowest BCUT2D eigenvalue weighted by molar-refractivity contribution is 0.0950. The molecule has 2 rings (SSSR count). The molecule has 110 valence electrons. The van der Waals surface area contributed by atoms with Crippen LogP contribution in [0.15, 0.2) is 54.6 Å². The Morgan fingerprint density at radius 2 is 1.90 bits per heavy atom. The zero-order valence-corrected chi connectivity index (χ0v) is 12.5. The predicted molar refractivity (Wildman–Crippen MR) is 84.4 cm³/mol. The lowest BCUT2D eigenvalue weighted by Crippen LogP contribution is -2.22. The molecule has 0 bridgehead atoms. The molecule has 0 saturated carbocycles. The SMILES string of the molecule is CCC(C)Oc1cccc(C(=O)NCc2ccccc2)c1. The second-order valence-electron chi connectivity index (χ2n) is 5.03. The first-order chi connectivity index (χ1) is 10.2. The molecule has 3 nitrogen and oxygen atoms in total. The van der Waals surface area contributed by atoms with Gasteiger partial charge in [0.1, 0.15) is 5.75 Å². The van der Waals surface area contributed by atoms with Crippen molar-refractivity contribution in [3.05, 3.63) is 65.7 Å². The average molecular weight is 283 g/mol. The van der Waals surface area contributed by atoms with E-state index in [1.54, 1.807) is 12.1 Å². The Bertz CT molecular complexity index is 581. The van der Waals surface area contributed by atoms with Gasteiger partial charge < -0.3 is 10.1 Å². The summed E-state index contributed by atoms with van der Waals surface area (Å²) in [6.45, 7) is 4.61. The van der Waals surface area contributed by atoms with Crippen LogP contribution >= 0.6 is 0 Å². The molecule has 3 heteroatoms. The van der Waals surface area contributed by atoms with E-state index in [2.05, 4.69) is 12.2 Å². The summed E-state index contributed by atoms with van der Waals surface area (Å²) in [6.07, 6.45) is 1.08. The van der Waals surface area contributed by atoms with Gasteiger partial charge in [0.05, 0.1) is 6.10 Å². The summed E-state index contributed by atoms with van der Waals surface area (Å²) < 4.78 is 5.74. The van der Waals surface area contributed by atoms with Crippen LogP contribution in [-0.4, -0.2) is 12.0 Å². The summed E-state index contributed by atoms with van der Waals surface area (Å²) in [5, 5.41) is 2.92. The molecule has 1 unspecified atom stereocenters. The topological polar surface area (TPSA) is 38.3 Å². The normalized spacial score (nSPS) is 11.7. The van der Waals surface area contributed by atoms with Crippen LogP contribution in [0.1, 0.15) is 36.2 Å². The maximum absolute atomic E-state index is 12.2. The van der Waals surface area contributed by atoms with Crippen LogP contribution in [0.5, 0.6) is 5.75 Å². The Kier molecular flexibility index (Phi) is 5.38. The molecule has 0 spiro atoms. The molecule has 2 aromatic rings. The van der Waals surface area contributed by atoms with Gasteiger partial charge in [-0.25, -0.2) is 0 Å². The largest absolute Gasteiger partial charge is 0.491 e. The Balaban J connectivity index is 1.97. The van der Waals surface area contributed by atoms with E-state index >= 15 is 0 Å². The molecular formula is C18H21NO2. The van der Waals surface area contributed by atoms with Crippen LogP contribution in [0.4, 0.5) is 0 Å².